The molecule has 1 heterocycles. The molecule has 2 atom stereocenters. The van der Waals surface area contributed by atoms with Crippen LogP contribution in [-0.2, 0) is 36.7 Å². The number of nitrogens with one attached hydrogen (secondary N) is 2. The molecule has 8 heteroatoms. The Kier molecular flexibility index (Phi) is 11.8. The van der Waals surface area contributed by atoms with E-state index >= 15 is 0 Å². The van der Waals surface area contributed by atoms with E-state index in [1.807, 2.05) is 32.9 Å². The zero-order chi connectivity index (χ0) is 28.4. The normalized spacial score (nSPS) is 17.8. The summed E-state index contributed by atoms with van der Waals surface area (Å²) in [7, 11) is 0. The highest BCUT2D eigenvalue weighted by atomic mass is 16.6. The van der Waals surface area contributed by atoms with E-state index < -0.39 is 23.7 Å². The number of fused-ring (bicyclic) bond motifs is 1. The van der Waals surface area contributed by atoms with E-state index in [-0.39, 0.29) is 24.5 Å². The second-order valence-corrected chi connectivity index (χ2v) is 12.1. The third-order valence-corrected chi connectivity index (χ3v) is 7.68. The molecule has 1 aliphatic carbocycles. The molecule has 1 aromatic carbocycles. The van der Waals surface area contributed by atoms with Gasteiger partial charge in [0.2, 0.25) is 5.91 Å². The summed E-state index contributed by atoms with van der Waals surface area (Å²) in [6, 6.07) is 6.79. The van der Waals surface area contributed by atoms with Crippen LogP contribution in [0.15, 0.2) is 24.3 Å². The van der Waals surface area contributed by atoms with Crippen LogP contribution in [0.4, 0.5) is 0 Å². The van der Waals surface area contributed by atoms with Crippen molar-refractivity contribution in [1.82, 2.24) is 15.5 Å². The van der Waals surface area contributed by atoms with Gasteiger partial charge in [-0.15, -0.1) is 0 Å². The Morgan fingerprint density at radius 2 is 1.72 bits per heavy atom. The van der Waals surface area contributed by atoms with Gasteiger partial charge >= 0.3 is 11.9 Å². The first kappa shape index (κ1) is 31.1. The molecule has 2 aliphatic rings. The van der Waals surface area contributed by atoms with Crippen molar-refractivity contribution >= 4 is 17.8 Å². The molecule has 8 nitrogen and oxygen atoms in total. The number of esters is 2. The fourth-order valence-corrected chi connectivity index (χ4v) is 5.74. The molecule has 1 amide bonds. The Morgan fingerprint density at radius 1 is 1.08 bits per heavy atom. The van der Waals surface area contributed by atoms with Crippen LogP contribution >= 0.6 is 0 Å². The number of piperidine rings is 1. The van der Waals surface area contributed by atoms with Crippen LogP contribution in [0.2, 0.25) is 0 Å². The van der Waals surface area contributed by atoms with E-state index in [2.05, 4.69) is 22.8 Å². The number of carbonyl (C=O) groups excluding carboxylic acids is 3. The largest absolute Gasteiger partial charge is 0.465 e. The van der Waals surface area contributed by atoms with Crippen molar-refractivity contribution in [1.29, 1.82) is 0 Å². The topological polar surface area (TPSA) is 97.0 Å². The van der Waals surface area contributed by atoms with E-state index in [1.165, 1.54) is 24.0 Å². The van der Waals surface area contributed by atoms with Crippen molar-refractivity contribution in [3.05, 3.63) is 35.4 Å². The van der Waals surface area contributed by atoms with Crippen LogP contribution < -0.4 is 10.6 Å². The maximum absolute atomic E-state index is 13.8. The lowest BCUT2D eigenvalue weighted by atomic mass is 9.92. The van der Waals surface area contributed by atoms with Crippen LogP contribution in [0.25, 0.3) is 0 Å². The molecule has 0 unspecified atom stereocenters. The number of unbranched alkanes of at least 4 members (excludes halogenated alkanes) is 1. The van der Waals surface area contributed by atoms with E-state index in [0.717, 1.165) is 38.3 Å². The number of amides is 1. The van der Waals surface area contributed by atoms with Gasteiger partial charge in [-0.1, -0.05) is 43.5 Å². The average molecular weight is 544 g/mol. The standard InChI is InChI=1S/C31H49N3O5/c1-6-38-30(37)27(14-10-7-11-23-15-17-32-18-16-23)33-22(2)29(36)34(21-28(35)39-31(3,4)5)26-19-24-12-8-9-13-25(24)20-26/h8-9,12-13,22-23,26-27,32-33H,6-7,10-11,14-21H2,1-5H3/t22-,27-/m0/s1. The lowest BCUT2D eigenvalue weighted by Crippen LogP contribution is -2.55. The third kappa shape index (κ3) is 9.91. The van der Waals surface area contributed by atoms with Crippen LogP contribution in [0, 0.1) is 5.92 Å². The van der Waals surface area contributed by atoms with Crippen molar-refractivity contribution in [2.24, 2.45) is 5.92 Å². The van der Waals surface area contributed by atoms with Crippen LogP contribution in [0.3, 0.4) is 0 Å². The summed E-state index contributed by atoms with van der Waals surface area (Å²) in [6.07, 6.45) is 7.52. The summed E-state index contributed by atoms with van der Waals surface area (Å²) < 4.78 is 10.9. The third-order valence-electron chi connectivity index (χ3n) is 7.68. The fraction of sp³-hybridized carbons (Fsp3) is 0.710. The fourth-order valence-electron chi connectivity index (χ4n) is 5.74. The maximum atomic E-state index is 13.8. The van der Waals surface area contributed by atoms with Gasteiger partial charge < -0.3 is 19.7 Å². The summed E-state index contributed by atoms with van der Waals surface area (Å²) in [4.78, 5) is 41.1. The van der Waals surface area contributed by atoms with E-state index in [9.17, 15) is 14.4 Å². The molecule has 39 heavy (non-hydrogen) atoms. The molecule has 0 radical (unpaired) electrons. The Bertz CT molecular complexity index is 929. The smallest absolute Gasteiger partial charge is 0.326 e. The summed E-state index contributed by atoms with van der Waals surface area (Å²) in [6.45, 7) is 11.4. The highest BCUT2D eigenvalue weighted by Crippen LogP contribution is 2.26. The second-order valence-electron chi connectivity index (χ2n) is 12.1. The van der Waals surface area contributed by atoms with E-state index in [4.69, 9.17) is 9.47 Å². The minimum absolute atomic E-state index is 0.124. The number of hydrogen-bond acceptors (Lipinski definition) is 7. The first-order valence-electron chi connectivity index (χ1n) is 14.8. The quantitative estimate of drug-likeness (QED) is 0.289. The molecule has 2 N–H and O–H groups in total. The minimum Gasteiger partial charge on any atom is -0.465 e. The molecular formula is C31H49N3O5. The lowest BCUT2D eigenvalue weighted by molar-refractivity contribution is -0.160. The Labute approximate surface area is 234 Å². The van der Waals surface area contributed by atoms with Crippen molar-refractivity contribution < 1.29 is 23.9 Å². The molecular weight excluding hydrogens is 494 g/mol. The molecule has 0 aromatic heterocycles. The predicted octanol–water partition coefficient (Wildman–Crippen LogP) is 3.79. The predicted molar refractivity (Wildman–Crippen MR) is 152 cm³/mol. The van der Waals surface area contributed by atoms with Gasteiger partial charge in [-0.05, 0) is 96.9 Å². The van der Waals surface area contributed by atoms with Crippen LogP contribution in [0.1, 0.15) is 84.3 Å². The molecule has 1 aromatic rings. The number of hydrogen-bond donors (Lipinski definition) is 2. The Balaban J connectivity index is 1.65. The van der Waals surface area contributed by atoms with Gasteiger partial charge in [0.05, 0.1) is 12.6 Å². The molecule has 3 rings (SSSR count). The summed E-state index contributed by atoms with van der Waals surface area (Å²) in [5.74, 6) is -0.217. The monoisotopic (exact) mass is 543 g/mol. The second kappa shape index (κ2) is 14.8. The summed E-state index contributed by atoms with van der Waals surface area (Å²) in [5.41, 5.74) is 1.75. The van der Waals surface area contributed by atoms with E-state index in [1.54, 1.807) is 18.7 Å². The van der Waals surface area contributed by atoms with Gasteiger partial charge in [-0.2, -0.15) is 0 Å². The van der Waals surface area contributed by atoms with Crippen molar-refractivity contribution in [2.75, 3.05) is 26.2 Å². The van der Waals surface area contributed by atoms with E-state index in [0.29, 0.717) is 25.9 Å². The van der Waals surface area contributed by atoms with Gasteiger partial charge in [0.25, 0.3) is 0 Å². The average Bonchev–Trinajstić information content (AvgIpc) is 3.32. The van der Waals surface area contributed by atoms with Gasteiger partial charge in [0, 0.05) is 6.04 Å². The SMILES string of the molecule is CCOC(=O)[C@H](CCCCC1CCNCC1)N[C@@H](C)C(=O)N(CC(=O)OC(C)(C)C)C1Cc2ccccc2C1. The summed E-state index contributed by atoms with van der Waals surface area (Å²) >= 11 is 0. The van der Waals surface area contributed by atoms with Gasteiger partial charge in [0.1, 0.15) is 18.2 Å². The minimum atomic E-state index is -0.657. The highest BCUT2D eigenvalue weighted by Gasteiger charge is 2.35. The van der Waals surface area contributed by atoms with Gasteiger partial charge in [0.15, 0.2) is 0 Å². The molecule has 0 saturated carbocycles. The number of rotatable bonds is 13. The molecule has 0 bridgehead atoms. The molecule has 218 valence electrons. The number of ether oxygens (including phenoxy) is 2. The number of nitrogens with zero attached hydrogens (tertiary/aromatic N) is 1. The molecule has 1 aliphatic heterocycles. The highest BCUT2D eigenvalue weighted by molar-refractivity contribution is 5.87. The first-order valence-corrected chi connectivity index (χ1v) is 14.8. The Hall–Kier alpha value is -2.45. The van der Waals surface area contributed by atoms with Crippen molar-refractivity contribution in [3.8, 4) is 0 Å². The van der Waals surface area contributed by atoms with Crippen LogP contribution in [-0.4, -0.2) is 72.7 Å². The Morgan fingerprint density at radius 3 is 2.31 bits per heavy atom. The number of benzene rings is 1. The zero-order valence-corrected chi connectivity index (χ0v) is 24.6. The first-order chi connectivity index (χ1) is 18.6. The van der Waals surface area contributed by atoms with Gasteiger partial charge in [-0.3, -0.25) is 19.7 Å². The van der Waals surface area contributed by atoms with Gasteiger partial charge in [-0.25, -0.2) is 0 Å². The molecule has 1 saturated heterocycles. The maximum Gasteiger partial charge on any atom is 0.326 e. The van der Waals surface area contributed by atoms with Crippen LogP contribution in [0.5, 0.6) is 0 Å². The van der Waals surface area contributed by atoms with Crippen molar-refractivity contribution in [3.63, 3.8) is 0 Å². The zero-order valence-electron chi connectivity index (χ0n) is 24.6. The lowest BCUT2D eigenvalue weighted by Gasteiger charge is -2.33. The van der Waals surface area contributed by atoms with Crippen molar-refractivity contribution in [2.45, 2.75) is 110 Å². The molecule has 1 fully saturated rings. The summed E-state index contributed by atoms with van der Waals surface area (Å²) in [5, 5.41) is 6.66. The number of carbonyl (C=O) groups is 3. The molecule has 0 spiro atoms.